The highest BCUT2D eigenvalue weighted by Crippen LogP contribution is 2.44. The van der Waals surface area contributed by atoms with Gasteiger partial charge in [0.2, 0.25) is 0 Å². The molecular formula is C78H94N8. The predicted molar refractivity (Wildman–Crippen MR) is 372 cm³/mol. The number of rotatable bonds is 18. The van der Waals surface area contributed by atoms with Gasteiger partial charge < -0.3 is 19.9 Å². The third kappa shape index (κ3) is 10.7. The van der Waals surface area contributed by atoms with E-state index in [0.29, 0.717) is 0 Å². The number of H-pyrrole nitrogens is 4. The second-order valence-corrected chi connectivity index (χ2v) is 23.2. The number of nitrogens with zero attached hydrogens (tertiary/aromatic N) is 4. The first-order chi connectivity index (χ1) is 41.9. The Morgan fingerprint density at radius 3 is 0.826 bits per heavy atom. The van der Waals surface area contributed by atoms with E-state index in [2.05, 4.69) is 191 Å². The monoisotopic (exact) mass is 1140 g/mol. The third-order valence-corrected chi connectivity index (χ3v) is 19.0. The Morgan fingerprint density at radius 1 is 0.267 bits per heavy atom. The Hall–Kier alpha value is -7.76. The summed E-state index contributed by atoms with van der Waals surface area (Å²) >= 11 is 0. The van der Waals surface area contributed by atoms with E-state index in [-0.39, 0.29) is 0 Å². The molecule has 0 saturated carbocycles. The third-order valence-electron chi connectivity index (χ3n) is 19.0. The van der Waals surface area contributed by atoms with Crippen molar-refractivity contribution in [1.82, 2.24) is 39.9 Å². The van der Waals surface area contributed by atoms with Gasteiger partial charge in [0, 0.05) is 44.2 Å². The number of aromatic nitrogens is 8. The molecule has 86 heavy (non-hydrogen) atoms. The predicted octanol–water partition coefficient (Wildman–Crippen LogP) is 21.1. The van der Waals surface area contributed by atoms with Gasteiger partial charge in [0.05, 0.1) is 56.6 Å². The number of aromatic amines is 4. The van der Waals surface area contributed by atoms with Gasteiger partial charge in [0.15, 0.2) is 0 Å². The van der Waals surface area contributed by atoms with Gasteiger partial charge >= 0.3 is 0 Å². The van der Waals surface area contributed by atoms with Crippen molar-refractivity contribution in [3.8, 4) is 11.8 Å². The second kappa shape index (κ2) is 26.5. The van der Waals surface area contributed by atoms with Crippen molar-refractivity contribution in [3.63, 3.8) is 0 Å². The number of hydrogen-bond donors (Lipinski definition) is 4. The van der Waals surface area contributed by atoms with Crippen molar-refractivity contribution in [3.05, 3.63) is 150 Å². The van der Waals surface area contributed by atoms with E-state index in [0.717, 1.165) is 198 Å². The van der Waals surface area contributed by atoms with E-state index < -0.39 is 0 Å². The lowest BCUT2D eigenvalue weighted by Gasteiger charge is -2.07. The summed E-state index contributed by atoms with van der Waals surface area (Å²) in [6.07, 6.45) is 22.9. The van der Waals surface area contributed by atoms with Gasteiger partial charge in [-0.3, -0.25) is 0 Å². The van der Waals surface area contributed by atoms with Crippen LogP contribution in [0.1, 0.15) is 263 Å². The van der Waals surface area contributed by atoms with Crippen LogP contribution in [0, 0.1) is 11.8 Å². The van der Waals surface area contributed by atoms with Crippen molar-refractivity contribution in [1.29, 1.82) is 0 Å². The smallest absolute Gasteiger partial charge is 0.0765 e. The largest absolute Gasteiger partial charge is 0.355 e. The summed E-state index contributed by atoms with van der Waals surface area (Å²) in [6.45, 7) is 36.5. The van der Waals surface area contributed by atoms with Crippen LogP contribution in [0.15, 0.2) is 48.6 Å². The van der Waals surface area contributed by atoms with Crippen LogP contribution in [-0.2, 0) is 51.4 Å². The van der Waals surface area contributed by atoms with Crippen LogP contribution in [0.4, 0.5) is 0 Å². The van der Waals surface area contributed by atoms with Crippen LogP contribution in [-0.4, -0.2) is 39.9 Å². The molecule has 0 unspecified atom stereocenters. The Labute approximate surface area is 513 Å². The fourth-order valence-corrected chi connectivity index (χ4v) is 15.1. The van der Waals surface area contributed by atoms with E-state index in [1.54, 1.807) is 0 Å². The maximum Gasteiger partial charge on any atom is 0.0765 e. The summed E-state index contributed by atoms with van der Waals surface area (Å²) in [5.74, 6) is 7.09. The maximum atomic E-state index is 5.71. The van der Waals surface area contributed by atoms with E-state index in [4.69, 9.17) is 19.9 Å². The van der Waals surface area contributed by atoms with Gasteiger partial charge in [-0.15, -0.1) is 0 Å². The van der Waals surface area contributed by atoms with Crippen molar-refractivity contribution >= 4 is 101 Å². The van der Waals surface area contributed by atoms with E-state index in [1.165, 1.54) is 94.6 Å². The topological polar surface area (TPSA) is 115 Å². The Kier molecular flexibility index (Phi) is 18.9. The van der Waals surface area contributed by atoms with Crippen LogP contribution in [0.3, 0.4) is 0 Å². The van der Waals surface area contributed by atoms with Crippen LogP contribution < -0.4 is 0 Å². The molecule has 6 aromatic heterocycles. The lowest BCUT2D eigenvalue weighted by atomic mass is 9.95. The van der Waals surface area contributed by atoms with E-state index in [1.807, 2.05) is 12.2 Å². The van der Waals surface area contributed by atoms with E-state index in [9.17, 15) is 0 Å². The first-order valence-electron chi connectivity index (χ1n) is 33.3. The molecule has 4 N–H and O–H groups in total. The molecule has 10 rings (SSSR count). The van der Waals surface area contributed by atoms with Gasteiger partial charge in [-0.25, -0.2) is 19.9 Å². The molecule has 0 saturated heterocycles. The molecule has 0 spiro atoms. The number of fused-ring (bicyclic) bond motifs is 16. The SMILES string of the molecule is CCC1=C(CC)c2cc3[nH]c(cc4[nH]c(c(/C=C/C#C/C=C/c5c6nc(cc7[nH]c(cc8nc(cc9[nH]c5c(CC)c9CC)C(CC)=C8CC)c(CC)c7CC)C(CC)=C6CC)c5nc(cc1n2)C(CC)=C5CC)c(CC)c4CC)c(CC)c3CC. The summed E-state index contributed by atoms with van der Waals surface area (Å²) in [5, 5.41) is 0. The Bertz CT molecular complexity index is 4280. The summed E-state index contributed by atoms with van der Waals surface area (Å²) in [5.41, 5.74) is 40.8. The zero-order chi connectivity index (χ0) is 61.1. The molecule has 0 amide bonds. The summed E-state index contributed by atoms with van der Waals surface area (Å²) in [6, 6.07) is 14.0. The molecule has 0 radical (unpaired) electrons. The Balaban J connectivity index is 1.25. The van der Waals surface area contributed by atoms with Crippen LogP contribution in [0.5, 0.6) is 0 Å². The summed E-state index contributed by atoms with van der Waals surface area (Å²) < 4.78 is 0. The molecule has 6 aromatic rings. The van der Waals surface area contributed by atoms with Crippen LogP contribution in [0.2, 0.25) is 0 Å². The van der Waals surface area contributed by atoms with Gasteiger partial charge in [0.1, 0.15) is 0 Å². The zero-order valence-electron chi connectivity index (χ0n) is 54.9. The van der Waals surface area contributed by atoms with Gasteiger partial charge in [-0.1, -0.05) is 123 Å². The fraction of sp³-hybridized carbons (Fsp3) is 0.410. The Morgan fingerprint density at radius 2 is 0.512 bits per heavy atom. The molecule has 0 aliphatic carbocycles. The number of aryl methyl sites for hydroxylation is 8. The molecule has 4 aliphatic rings. The minimum absolute atomic E-state index is 0.852. The number of hydrogen-bond acceptors (Lipinski definition) is 4. The molecule has 8 nitrogen and oxygen atoms in total. The quantitative estimate of drug-likeness (QED) is 0.0642. The average molecular weight is 1140 g/mol. The second-order valence-electron chi connectivity index (χ2n) is 23.2. The minimum atomic E-state index is 0.852. The number of allylic oxidation sites excluding steroid dienone is 10. The van der Waals surface area contributed by atoms with Gasteiger partial charge in [-0.05, 0) is 253 Å². The molecule has 0 atom stereocenters. The van der Waals surface area contributed by atoms with Crippen molar-refractivity contribution < 1.29 is 0 Å². The highest BCUT2D eigenvalue weighted by Gasteiger charge is 2.27. The summed E-state index contributed by atoms with van der Waals surface area (Å²) in [4.78, 5) is 38.4. The zero-order valence-corrected chi connectivity index (χ0v) is 54.9. The standard InChI is InChI=1S/C78H94N8/c1-17-45-49(21-5)67-41-71-53(25-9)57(29-13)75(83-71)61(76-58(30-14)54(26-10)72(84-76)42-68-50(22-6)46(18-2)64(80-68)39-63(45)79-67)37-35-33-34-36-38-62-77-59(31-15)55(27-11)73(85-77)43-69-51(23-7)47(19-3)65(81-69)40-66-48(20-4)52(24-8)70(82-66)44-74-56(28-12)60(32-16)78(62)86-74/h35-44,79,81,83,86H,17-32H2,1-16H3/b37-35+,38-36+,63-39?,64-39?,65-40?,66-40?,67-41?,68-42?,69-43?,70-44?,71-41?,72-42?,73-43?,74-44?,75-61?,76-61?,77-62?,78-62?. The van der Waals surface area contributed by atoms with Crippen molar-refractivity contribution in [2.24, 2.45) is 0 Å². The fourth-order valence-electron chi connectivity index (χ4n) is 15.1. The highest BCUT2D eigenvalue weighted by atomic mass is 14.8. The molecule has 0 aromatic carbocycles. The molecular weight excluding hydrogens is 1050 g/mol. The van der Waals surface area contributed by atoms with Crippen LogP contribution >= 0.6 is 0 Å². The molecule has 0 fully saturated rings. The van der Waals surface area contributed by atoms with Gasteiger partial charge in [0.25, 0.3) is 0 Å². The van der Waals surface area contributed by atoms with Crippen molar-refractivity contribution in [2.45, 2.75) is 214 Å². The maximum absolute atomic E-state index is 5.71. The normalized spacial score (nSPS) is 13.7. The molecule has 4 aliphatic heterocycles. The lowest BCUT2D eigenvalue weighted by Crippen LogP contribution is -1.92. The minimum Gasteiger partial charge on any atom is -0.355 e. The first-order valence-corrected chi connectivity index (χ1v) is 33.3. The molecule has 8 heteroatoms. The molecule has 16 bridgehead atoms. The average Bonchev–Trinajstić information content (AvgIpc) is 1.89. The first kappa shape index (κ1) is 61.3. The van der Waals surface area contributed by atoms with Gasteiger partial charge in [-0.2, -0.15) is 0 Å². The number of nitrogens with one attached hydrogen (secondary N) is 4. The molecule has 10 heterocycles. The lowest BCUT2D eigenvalue weighted by molar-refractivity contribution is 1.07. The van der Waals surface area contributed by atoms with Crippen molar-refractivity contribution in [2.75, 3.05) is 0 Å². The highest BCUT2D eigenvalue weighted by molar-refractivity contribution is 6.01. The van der Waals surface area contributed by atoms with E-state index >= 15 is 0 Å². The molecule has 446 valence electrons. The van der Waals surface area contributed by atoms with Crippen LogP contribution in [0.25, 0.3) is 101 Å². The summed E-state index contributed by atoms with van der Waals surface area (Å²) in [7, 11) is 0.